The van der Waals surface area contributed by atoms with Crippen LogP contribution >= 0.6 is 23.4 Å². The van der Waals surface area contributed by atoms with Gasteiger partial charge in [0.15, 0.2) is 11.0 Å². The molecule has 8 heteroatoms. The van der Waals surface area contributed by atoms with Gasteiger partial charge in [-0.05, 0) is 36.8 Å². The molecule has 5 aromatic rings. The monoisotopic (exact) mass is 472 g/mol. The van der Waals surface area contributed by atoms with E-state index < -0.39 is 0 Å². The van der Waals surface area contributed by atoms with Crippen LogP contribution in [-0.4, -0.2) is 29.5 Å². The fraction of sp³-hybridized carbons (Fsp3) is 0.120. The van der Waals surface area contributed by atoms with Gasteiger partial charge < -0.3 is 0 Å². The lowest BCUT2D eigenvalue weighted by Gasteiger charge is -2.10. The maximum absolute atomic E-state index is 6.74. The van der Waals surface area contributed by atoms with Gasteiger partial charge in [-0.1, -0.05) is 71.9 Å². The van der Waals surface area contributed by atoms with Gasteiger partial charge in [-0.15, -0.1) is 10.2 Å². The van der Waals surface area contributed by atoms with Gasteiger partial charge in [-0.2, -0.15) is 5.10 Å². The third-order valence-corrected chi connectivity index (χ3v) is 6.67. The second-order valence-electron chi connectivity index (χ2n) is 7.51. The number of aromatic nitrogens is 6. The normalized spacial score (nSPS) is 11.1. The van der Waals surface area contributed by atoms with E-state index in [9.17, 15) is 0 Å². The van der Waals surface area contributed by atoms with Gasteiger partial charge in [0.2, 0.25) is 0 Å². The topological polar surface area (TPSA) is 61.4 Å². The van der Waals surface area contributed by atoms with E-state index in [1.54, 1.807) is 22.6 Å². The molecule has 0 aliphatic rings. The van der Waals surface area contributed by atoms with Crippen LogP contribution in [0.2, 0.25) is 5.15 Å². The second-order valence-corrected chi connectivity index (χ2v) is 8.81. The Morgan fingerprint density at radius 3 is 2.39 bits per heavy atom. The van der Waals surface area contributed by atoms with Crippen molar-refractivity contribution in [3.05, 3.63) is 107 Å². The van der Waals surface area contributed by atoms with E-state index >= 15 is 0 Å². The molecule has 2 aromatic carbocycles. The van der Waals surface area contributed by atoms with Crippen LogP contribution in [0.3, 0.4) is 0 Å². The molecule has 0 amide bonds. The number of hydrogen-bond donors (Lipinski definition) is 0. The van der Waals surface area contributed by atoms with Gasteiger partial charge in [-0.3, -0.25) is 9.55 Å². The molecule has 0 aliphatic carbocycles. The molecular weight excluding hydrogens is 452 g/mol. The molecule has 3 heterocycles. The minimum absolute atomic E-state index is 0.618. The highest BCUT2D eigenvalue weighted by Gasteiger charge is 2.19. The Labute approximate surface area is 201 Å². The van der Waals surface area contributed by atoms with Gasteiger partial charge >= 0.3 is 0 Å². The molecular formula is C25H21ClN6S. The summed E-state index contributed by atoms with van der Waals surface area (Å²) in [5, 5.41) is 15.1. The van der Waals surface area contributed by atoms with Gasteiger partial charge in [0, 0.05) is 29.3 Å². The van der Waals surface area contributed by atoms with Crippen molar-refractivity contribution in [2.24, 2.45) is 0 Å². The highest BCUT2D eigenvalue weighted by Crippen LogP contribution is 2.31. The Kier molecular flexibility index (Phi) is 6.24. The molecule has 164 valence electrons. The van der Waals surface area contributed by atoms with E-state index in [-0.39, 0.29) is 0 Å². The predicted octanol–water partition coefficient (Wildman–Crippen LogP) is 5.83. The van der Waals surface area contributed by atoms with Gasteiger partial charge in [0.25, 0.3) is 0 Å². The fourth-order valence-electron chi connectivity index (χ4n) is 3.58. The first-order chi connectivity index (χ1) is 16.2. The van der Waals surface area contributed by atoms with Crippen LogP contribution < -0.4 is 0 Å². The van der Waals surface area contributed by atoms with Crippen LogP contribution in [0.4, 0.5) is 0 Å². The number of thioether (sulfide) groups is 1. The lowest BCUT2D eigenvalue weighted by Crippen LogP contribution is -2.04. The first-order valence-corrected chi connectivity index (χ1v) is 11.9. The zero-order valence-electron chi connectivity index (χ0n) is 18.0. The Hall–Kier alpha value is -3.42. The Bertz CT molecular complexity index is 1350. The molecule has 0 aliphatic heterocycles. The van der Waals surface area contributed by atoms with E-state index in [0.29, 0.717) is 17.5 Å². The van der Waals surface area contributed by atoms with Gasteiger partial charge in [0.1, 0.15) is 5.15 Å². The number of halogens is 1. The highest BCUT2D eigenvalue weighted by atomic mass is 35.5. The lowest BCUT2D eigenvalue weighted by molar-refractivity contribution is 0.714. The molecule has 0 radical (unpaired) electrons. The van der Waals surface area contributed by atoms with E-state index in [4.69, 9.17) is 11.6 Å². The van der Waals surface area contributed by atoms with Crippen LogP contribution in [0.25, 0.3) is 17.1 Å². The summed E-state index contributed by atoms with van der Waals surface area (Å²) in [6, 6.07) is 24.1. The predicted molar refractivity (Wildman–Crippen MR) is 132 cm³/mol. The average molecular weight is 473 g/mol. The molecule has 6 nitrogen and oxygen atoms in total. The summed E-state index contributed by atoms with van der Waals surface area (Å²) >= 11 is 8.34. The summed E-state index contributed by atoms with van der Waals surface area (Å²) in [6.07, 6.45) is 3.57. The number of pyridine rings is 1. The molecule has 0 saturated carbocycles. The van der Waals surface area contributed by atoms with Crippen LogP contribution in [0.1, 0.15) is 16.8 Å². The molecule has 0 N–H and O–H groups in total. The van der Waals surface area contributed by atoms with E-state index in [1.807, 2.05) is 73.8 Å². The first-order valence-electron chi connectivity index (χ1n) is 10.5. The minimum Gasteiger partial charge on any atom is -0.297 e. The lowest BCUT2D eigenvalue weighted by atomic mass is 10.2. The van der Waals surface area contributed by atoms with Crippen molar-refractivity contribution in [3.63, 3.8) is 0 Å². The summed E-state index contributed by atoms with van der Waals surface area (Å²) in [5.74, 6) is 1.43. The Morgan fingerprint density at radius 1 is 0.909 bits per heavy atom. The number of aryl methyl sites for hydroxylation is 1. The summed E-state index contributed by atoms with van der Waals surface area (Å²) in [5.41, 5.74) is 4.93. The number of rotatable bonds is 7. The third kappa shape index (κ3) is 4.55. The Balaban J connectivity index is 1.46. The molecule has 0 unspecified atom stereocenters. The molecule has 0 bridgehead atoms. The maximum atomic E-state index is 6.74. The number of hydrogen-bond acceptors (Lipinski definition) is 5. The van der Waals surface area contributed by atoms with E-state index in [0.717, 1.165) is 33.5 Å². The van der Waals surface area contributed by atoms with Crippen molar-refractivity contribution in [3.8, 4) is 17.1 Å². The molecule has 33 heavy (non-hydrogen) atoms. The standard InChI is InChI=1S/C25H21ClN6S/c1-18-22(23(26)32(30-18)21-12-6-3-7-13-21)17-33-25-29-28-24(20-11-8-14-27-15-20)31(25)16-19-9-4-2-5-10-19/h2-15H,16-17H2,1H3. The molecule has 0 fully saturated rings. The quantitative estimate of drug-likeness (QED) is 0.279. The molecule has 0 spiro atoms. The summed E-state index contributed by atoms with van der Waals surface area (Å²) < 4.78 is 3.91. The maximum Gasteiger partial charge on any atom is 0.192 e. The van der Waals surface area contributed by atoms with Crippen molar-refractivity contribution in [2.45, 2.75) is 24.4 Å². The zero-order valence-corrected chi connectivity index (χ0v) is 19.5. The van der Waals surface area contributed by atoms with Crippen LogP contribution in [0.5, 0.6) is 0 Å². The van der Waals surface area contributed by atoms with Gasteiger partial charge in [-0.25, -0.2) is 4.68 Å². The summed E-state index contributed by atoms with van der Waals surface area (Å²) in [6.45, 7) is 2.65. The molecule has 0 saturated heterocycles. The van der Waals surface area contributed by atoms with Crippen LogP contribution in [-0.2, 0) is 12.3 Å². The van der Waals surface area contributed by atoms with Crippen LogP contribution in [0.15, 0.2) is 90.3 Å². The smallest absolute Gasteiger partial charge is 0.192 e. The van der Waals surface area contributed by atoms with Crippen molar-refractivity contribution >= 4 is 23.4 Å². The summed E-state index contributed by atoms with van der Waals surface area (Å²) in [7, 11) is 0. The third-order valence-electron chi connectivity index (χ3n) is 5.29. The largest absolute Gasteiger partial charge is 0.297 e. The molecule has 3 aromatic heterocycles. The van der Waals surface area contributed by atoms with Gasteiger partial charge in [0.05, 0.1) is 17.9 Å². The van der Waals surface area contributed by atoms with Crippen molar-refractivity contribution < 1.29 is 0 Å². The Morgan fingerprint density at radius 2 is 1.67 bits per heavy atom. The highest BCUT2D eigenvalue weighted by molar-refractivity contribution is 7.98. The number of benzene rings is 2. The van der Waals surface area contributed by atoms with E-state index in [2.05, 4.69) is 37.0 Å². The molecule has 5 rings (SSSR count). The first kappa shape index (κ1) is 21.4. The average Bonchev–Trinajstić information content (AvgIpc) is 3.39. The molecule has 0 atom stereocenters. The van der Waals surface area contributed by atoms with E-state index in [1.165, 1.54) is 5.56 Å². The van der Waals surface area contributed by atoms with Crippen molar-refractivity contribution in [1.82, 2.24) is 29.5 Å². The van der Waals surface area contributed by atoms with Crippen LogP contribution in [0, 0.1) is 6.92 Å². The fourth-order valence-corrected chi connectivity index (χ4v) is 5.03. The van der Waals surface area contributed by atoms with Crippen molar-refractivity contribution in [2.75, 3.05) is 0 Å². The SMILES string of the molecule is Cc1nn(-c2ccccc2)c(Cl)c1CSc1nnc(-c2cccnc2)n1Cc1ccccc1. The van der Waals surface area contributed by atoms with Crippen molar-refractivity contribution in [1.29, 1.82) is 0 Å². The zero-order chi connectivity index (χ0) is 22.6. The second kappa shape index (κ2) is 9.60. The summed E-state index contributed by atoms with van der Waals surface area (Å²) in [4.78, 5) is 4.25. The minimum atomic E-state index is 0.618. The number of nitrogens with zero attached hydrogens (tertiary/aromatic N) is 6. The number of para-hydroxylation sites is 1.